The molecule has 140 valence electrons. The van der Waals surface area contributed by atoms with E-state index < -0.39 is 0 Å². The highest BCUT2D eigenvalue weighted by molar-refractivity contribution is 8.02. The second kappa shape index (κ2) is 8.85. The van der Waals surface area contributed by atoms with Gasteiger partial charge in [0.2, 0.25) is 0 Å². The van der Waals surface area contributed by atoms with Gasteiger partial charge in [-0.3, -0.25) is 9.63 Å². The molecule has 3 aromatic rings. The fourth-order valence-corrected chi connectivity index (χ4v) is 3.87. The molecular weight excluding hydrogens is 389 g/mol. The quantitative estimate of drug-likeness (QED) is 0.449. The Morgan fingerprint density at radius 2 is 1.96 bits per heavy atom. The summed E-state index contributed by atoms with van der Waals surface area (Å²) in [5.74, 6) is -0.114. The van der Waals surface area contributed by atoms with Crippen molar-refractivity contribution in [1.29, 1.82) is 0 Å². The fraction of sp³-hybridized carbons (Fsp3) is 0.111. The van der Waals surface area contributed by atoms with E-state index >= 15 is 0 Å². The van der Waals surface area contributed by atoms with Gasteiger partial charge in [-0.15, -0.1) is 11.3 Å². The predicted octanol–water partition coefficient (Wildman–Crippen LogP) is 4.37. The first-order valence-electron chi connectivity index (χ1n) is 7.76. The Morgan fingerprint density at radius 3 is 2.67 bits per heavy atom. The van der Waals surface area contributed by atoms with Crippen LogP contribution < -0.4 is 14.9 Å². The lowest BCUT2D eigenvalue weighted by molar-refractivity contribution is 0.0537. The van der Waals surface area contributed by atoms with Crippen LogP contribution >= 0.6 is 23.3 Å². The van der Waals surface area contributed by atoms with Crippen molar-refractivity contribution in [3.63, 3.8) is 0 Å². The fourth-order valence-electron chi connectivity index (χ4n) is 2.21. The lowest BCUT2D eigenvalue weighted by Crippen LogP contribution is -2.21. The number of carbonyl (C=O) groups excluding carboxylic acids is 1. The van der Waals surface area contributed by atoms with Crippen molar-refractivity contribution in [2.24, 2.45) is 0 Å². The first kappa shape index (κ1) is 19.2. The van der Waals surface area contributed by atoms with E-state index in [-0.39, 0.29) is 11.7 Å². The minimum atomic E-state index is -0.360. The van der Waals surface area contributed by atoms with Crippen LogP contribution in [0.15, 0.2) is 52.9 Å². The van der Waals surface area contributed by atoms with Gasteiger partial charge in [-0.1, -0.05) is 0 Å². The van der Waals surface area contributed by atoms with Crippen LogP contribution in [0.4, 0.5) is 10.1 Å². The number of carbonyl (C=O) groups is 1. The van der Waals surface area contributed by atoms with Gasteiger partial charge in [0.25, 0.3) is 5.91 Å². The number of hydroxylamine groups is 1. The molecule has 1 heterocycles. The zero-order valence-electron chi connectivity index (χ0n) is 14.5. The lowest BCUT2D eigenvalue weighted by Gasteiger charge is -2.11. The lowest BCUT2D eigenvalue weighted by atomic mass is 10.2. The van der Waals surface area contributed by atoms with Crippen LogP contribution in [0.2, 0.25) is 0 Å². The summed E-state index contributed by atoms with van der Waals surface area (Å²) in [5.41, 5.74) is 4.26. The number of nitrogens with zero attached hydrogens (tertiary/aromatic N) is 1. The molecule has 27 heavy (non-hydrogen) atoms. The molecule has 1 amide bonds. The van der Waals surface area contributed by atoms with Gasteiger partial charge in [-0.25, -0.2) is 14.9 Å². The van der Waals surface area contributed by atoms with Gasteiger partial charge in [0.05, 0.1) is 26.1 Å². The molecular formula is C18H16FN3O3S2. The van der Waals surface area contributed by atoms with E-state index in [4.69, 9.17) is 4.74 Å². The molecule has 0 aliphatic carbocycles. The number of halogens is 1. The maximum atomic E-state index is 13.0. The van der Waals surface area contributed by atoms with Crippen LogP contribution in [0.25, 0.3) is 10.6 Å². The highest BCUT2D eigenvalue weighted by Crippen LogP contribution is 2.34. The summed E-state index contributed by atoms with van der Waals surface area (Å²) in [5, 5.41) is 0.804. The molecule has 0 atom stereocenters. The van der Waals surface area contributed by atoms with Gasteiger partial charge in [-0.05, 0) is 54.4 Å². The Balaban J connectivity index is 1.69. The van der Waals surface area contributed by atoms with Gasteiger partial charge in [0, 0.05) is 11.1 Å². The minimum absolute atomic E-state index is 0.277. The van der Waals surface area contributed by atoms with E-state index in [1.165, 1.54) is 49.6 Å². The van der Waals surface area contributed by atoms with Crippen molar-refractivity contribution in [3.8, 4) is 16.3 Å². The van der Waals surface area contributed by atoms with E-state index in [0.29, 0.717) is 17.0 Å². The van der Waals surface area contributed by atoms with Crippen molar-refractivity contribution in [3.05, 3.63) is 60.0 Å². The number of hydrogen-bond acceptors (Lipinski definition) is 7. The molecule has 3 rings (SSSR count). The molecule has 2 aromatic carbocycles. The largest absolute Gasteiger partial charge is 0.495 e. The number of amides is 1. The summed E-state index contributed by atoms with van der Waals surface area (Å²) in [6.07, 6.45) is 1.74. The highest BCUT2D eigenvalue weighted by atomic mass is 32.2. The van der Waals surface area contributed by atoms with Crippen LogP contribution in [0.1, 0.15) is 10.4 Å². The molecule has 0 bridgehead atoms. The molecule has 0 unspecified atom stereocenters. The van der Waals surface area contributed by atoms with Gasteiger partial charge in [0.1, 0.15) is 20.8 Å². The average molecular weight is 405 g/mol. The number of thiazole rings is 1. The SMILES string of the molecule is CONC(=O)c1ccc(NSc2cnc(-c3ccc(F)cc3)s2)c(OC)c1. The first-order valence-corrected chi connectivity index (χ1v) is 9.40. The zero-order chi connectivity index (χ0) is 19.2. The Hall–Kier alpha value is -2.62. The molecule has 2 N–H and O–H groups in total. The van der Waals surface area contributed by atoms with Crippen molar-refractivity contribution >= 4 is 34.9 Å². The van der Waals surface area contributed by atoms with Crippen LogP contribution in [0, 0.1) is 5.82 Å². The van der Waals surface area contributed by atoms with E-state index in [2.05, 4.69) is 20.0 Å². The van der Waals surface area contributed by atoms with Gasteiger partial charge >= 0.3 is 0 Å². The Bertz CT molecular complexity index is 932. The molecule has 0 aliphatic heterocycles. The summed E-state index contributed by atoms with van der Waals surface area (Å²) in [6.45, 7) is 0. The van der Waals surface area contributed by atoms with Crippen molar-refractivity contribution < 1.29 is 18.8 Å². The first-order chi connectivity index (χ1) is 13.1. The minimum Gasteiger partial charge on any atom is -0.495 e. The smallest absolute Gasteiger partial charge is 0.274 e. The zero-order valence-corrected chi connectivity index (χ0v) is 16.1. The number of methoxy groups -OCH3 is 1. The molecule has 0 saturated carbocycles. The molecule has 0 radical (unpaired) electrons. The third-order valence-corrected chi connectivity index (χ3v) is 5.47. The van der Waals surface area contributed by atoms with Crippen molar-refractivity contribution in [2.75, 3.05) is 18.9 Å². The number of rotatable bonds is 7. The monoisotopic (exact) mass is 405 g/mol. The van der Waals surface area contributed by atoms with Crippen LogP contribution in [0.5, 0.6) is 5.75 Å². The second-order valence-electron chi connectivity index (χ2n) is 5.25. The Morgan fingerprint density at radius 1 is 1.19 bits per heavy atom. The summed E-state index contributed by atoms with van der Waals surface area (Å²) in [4.78, 5) is 20.8. The van der Waals surface area contributed by atoms with Gasteiger partial charge in [-0.2, -0.15) is 0 Å². The van der Waals surface area contributed by atoms with Crippen molar-refractivity contribution in [1.82, 2.24) is 10.5 Å². The molecule has 9 heteroatoms. The normalized spacial score (nSPS) is 10.5. The third-order valence-electron chi connectivity index (χ3n) is 3.50. The molecule has 1 aromatic heterocycles. The summed E-state index contributed by atoms with van der Waals surface area (Å²) in [7, 11) is 2.90. The summed E-state index contributed by atoms with van der Waals surface area (Å²) >= 11 is 2.86. The Kier molecular flexibility index (Phi) is 6.28. The molecule has 0 aliphatic rings. The molecule has 6 nitrogen and oxygen atoms in total. The van der Waals surface area contributed by atoms with Gasteiger partial charge in [0.15, 0.2) is 0 Å². The summed E-state index contributed by atoms with van der Waals surface area (Å²) < 4.78 is 22.5. The van der Waals surface area contributed by atoms with Crippen molar-refractivity contribution in [2.45, 2.75) is 4.21 Å². The third kappa shape index (κ3) is 4.76. The number of ether oxygens (including phenoxy) is 1. The standard InChI is InChI=1S/C18H16FN3O3S2/c1-24-15-9-12(17(23)21-25-2)5-8-14(15)22-27-16-10-20-18(26-16)11-3-6-13(19)7-4-11/h3-10,22H,1-2H3,(H,21,23). The topological polar surface area (TPSA) is 72.5 Å². The number of aromatic nitrogens is 1. The van der Waals surface area contributed by atoms with Gasteiger partial charge < -0.3 is 9.46 Å². The second-order valence-corrected chi connectivity index (χ2v) is 7.38. The Labute approximate surface area is 163 Å². The van der Waals surface area contributed by atoms with E-state index in [9.17, 15) is 9.18 Å². The van der Waals surface area contributed by atoms with Crippen LogP contribution in [-0.2, 0) is 4.84 Å². The molecule has 0 fully saturated rings. The van der Waals surface area contributed by atoms with E-state index in [1.54, 1.807) is 36.5 Å². The number of benzene rings is 2. The number of hydrogen-bond donors (Lipinski definition) is 2. The summed E-state index contributed by atoms with van der Waals surface area (Å²) in [6, 6.07) is 11.2. The number of nitrogens with one attached hydrogen (secondary N) is 2. The van der Waals surface area contributed by atoms with Crippen LogP contribution in [0.3, 0.4) is 0 Å². The maximum Gasteiger partial charge on any atom is 0.274 e. The predicted molar refractivity (Wildman–Crippen MR) is 104 cm³/mol. The van der Waals surface area contributed by atoms with Crippen LogP contribution in [-0.4, -0.2) is 25.1 Å². The van der Waals surface area contributed by atoms with E-state index in [0.717, 1.165) is 14.8 Å². The maximum absolute atomic E-state index is 13.0. The highest BCUT2D eigenvalue weighted by Gasteiger charge is 2.11. The number of anilines is 1. The van der Waals surface area contributed by atoms with E-state index in [1.807, 2.05) is 0 Å². The average Bonchev–Trinajstić information content (AvgIpc) is 3.16. The molecule has 0 saturated heterocycles. The molecule has 0 spiro atoms.